The number of aliphatic hydroxyl groups is 1. The maximum atomic E-state index is 14.5. The first-order valence-corrected chi connectivity index (χ1v) is 29.7. The van der Waals surface area contributed by atoms with Crippen molar-refractivity contribution in [3.8, 4) is 0 Å². The number of amides is 12. The van der Waals surface area contributed by atoms with Gasteiger partial charge in [0.1, 0.15) is 58.9 Å². The van der Waals surface area contributed by atoms with E-state index in [1.54, 1.807) is 27.7 Å². The smallest absolute Gasteiger partial charge is 0.248 e. The van der Waals surface area contributed by atoms with E-state index in [1.807, 2.05) is 41.5 Å². The molecule has 12 N–H and O–H groups in total. The number of aliphatic hydroxyl groups excluding tert-OH is 1. The molecule has 11 unspecified atom stereocenters. The van der Waals surface area contributed by atoms with Crippen LogP contribution in [0.3, 0.4) is 0 Å². The lowest BCUT2D eigenvalue weighted by molar-refractivity contribution is -0.146. The zero-order chi connectivity index (χ0) is 63.6. The topological polar surface area (TPSA) is 366 Å². The molecule has 2 rings (SSSR count). The zero-order valence-corrected chi connectivity index (χ0v) is 52.5. The Morgan fingerprint density at radius 3 is 1.34 bits per heavy atom. The van der Waals surface area contributed by atoms with Crippen LogP contribution in [0.2, 0.25) is 0 Å². The molecule has 2 fully saturated rings. The Balaban J connectivity index is 2.32. The lowest BCUT2D eigenvalue weighted by Gasteiger charge is -2.36. The molecule has 0 aliphatic carbocycles. The van der Waals surface area contributed by atoms with E-state index in [9.17, 15) is 62.6 Å². The number of nitrogens with two attached hydrogens (primary N) is 1. The lowest BCUT2D eigenvalue weighted by Crippen LogP contribution is -2.64. The number of rotatable bonds is 32. The first kappa shape index (κ1) is 72.7. The number of hydrogen-bond acceptors (Lipinski definition) is 13. The van der Waals surface area contributed by atoms with Crippen molar-refractivity contribution < 1.29 is 62.6 Å². The second kappa shape index (κ2) is 32.0. The van der Waals surface area contributed by atoms with Gasteiger partial charge in [0, 0.05) is 20.0 Å². The quantitative estimate of drug-likeness (QED) is 0.0442. The van der Waals surface area contributed by atoms with Crippen LogP contribution in [0.1, 0.15) is 182 Å². The first-order valence-electron chi connectivity index (χ1n) is 29.7. The SMILES string of the molecule is CCC(C)C(CO)NC(=O)C1CCCN1C(=O)C(C)(C)NC(=O)C(CC(C)C)NC(=O)C(CC(C)C)NC(=O)C1CCCN1C(=O)C(C)(C)NC(=O)C(NC(=O)C(NC(=O)C(CC(N)=O)NC(=O)C(C)(C)NC(C)=O)C(C)CC)C(C)CC. The van der Waals surface area contributed by atoms with Gasteiger partial charge in [0.15, 0.2) is 0 Å². The molecular weight excluding hydrogens is 1070 g/mol. The fraction of sp³-hybridized carbons (Fsp3) is 0.793. The normalized spacial score (nSPS) is 18.9. The minimum absolute atomic E-state index is 0.00265. The van der Waals surface area contributed by atoms with Crippen LogP contribution in [-0.4, -0.2) is 170 Å². The maximum absolute atomic E-state index is 14.5. The van der Waals surface area contributed by atoms with Crippen molar-refractivity contribution in [1.29, 1.82) is 0 Å². The average Bonchev–Trinajstić information content (AvgIpc) is 4.36. The van der Waals surface area contributed by atoms with E-state index in [4.69, 9.17) is 5.73 Å². The fourth-order valence-electron chi connectivity index (χ4n) is 10.2. The van der Waals surface area contributed by atoms with Crippen LogP contribution in [0.25, 0.3) is 0 Å². The van der Waals surface area contributed by atoms with Crippen molar-refractivity contribution in [1.82, 2.24) is 57.7 Å². The van der Waals surface area contributed by atoms with Crippen molar-refractivity contribution >= 4 is 70.9 Å². The van der Waals surface area contributed by atoms with Gasteiger partial charge in [-0.1, -0.05) is 88.5 Å². The van der Waals surface area contributed by atoms with E-state index in [0.717, 1.165) is 6.42 Å². The third kappa shape index (κ3) is 21.3. The third-order valence-corrected chi connectivity index (χ3v) is 15.8. The molecule has 2 aliphatic heterocycles. The van der Waals surface area contributed by atoms with E-state index >= 15 is 0 Å². The highest BCUT2D eigenvalue weighted by Crippen LogP contribution is 2.25. The summed E-state index contributed by atoms with van der Waals surface area (Å²) in [6.45, 7) is 28.4. The monoisotopic (exact) mass is 1170 g/mol. The highest BCUT2D eigenvalue weighted by Gasteiger charge is 2.46. The Morgan fingerprint density at radius 1 is 0.506 bits per heavy atom. The molecule has 25 nitrogen and oxygen atoms in total. The van der Waals surface area contributed by atoms with Gasteiger partial charge < -0.3 is 68.5 Å². The highest BCUT2D eigenvalue weighted by atomic mass is 16.3. The second-order valence-corrected chi connectivity index (χ2v) is 25.4. The fourth-order valence-corrected chi connectivity index (χ4v) is 10.2. The Kier molecular flexibility index (Phi) is 28.1. The first-order chi connectivity index (χ1) is 38.4. The number of likely N-dealkylation sites (tertiary alicyclic amines) is 2. The Morgan fingerprint density at radius 2 is 0.916 bits per heavy atom. The van der Waals surface area contributed by atoms with Gasteiger partial charge in [-0.05, 0) is 110 Å². The molecule has 0 saturated carbocycles. The molecule has 11 atom stereocenters. The molecule has 83 heavy (non-hydrogen) atoms. The van der Waals surface area contributed by atoms with Crippen molar-refractivity contribution in [2.45, 2.75) is 247 Å². The van der Waals surface area contributed by atoms with Crippen molar-refractivity contribution in [2.24, 2.45) is 35.3 Å². The maximum Gasteiger partial charge on any atom is 0.248 e. The average molecular weight is 1180 g/mol. The van der Waals surface area contributed by atoms with Gasteiger partial charge in [-0.15, -0.1) is 0 Å². The molecule has 25 heteroatoms. The van der Waals surface area contributed by atoms with Crippen LogP contribution in [0.15, 0.2) is 0 Å². The van der Waals surface area contributed by atoms with E-state index in [0.29, 0.717) is 32.1 Å². The largest absolute Gasteiger partial charge is 0.394 e. The minimum Gasteiger partial charge on any atom is -0.394 e. The predicted octanol–water partition coefficient (Wildman–Crippen LogP) is 0.680. The predicted molar refractivity (Wildman–Crippen MR) is 312 cm³/mol. The van der Waals surface area contributed by atoms with Crippen LogP contribution >= 0.6 is 0 Å². The highest BCUT2D eigenvalue weighted by molar-refractivity contribution is 6.01. The molecule has 0 aromatic carbocycles. The summed E-state index contributed by atoms with van der Waals surface area (Å²) in [5, 5.41) is 34.3. The minimum atomic E-state index is -1.66. The number of carbonyl (C=O) groups is 12. The van der Waals surface area contributed by atoms with Crippen LogP contribution in [0.4, 0.5) is 0 Å². The number of primary amides is 1. The van der Waals surface area contributed by atoms with Crippen LogP contribution in [-0.2, 0) is 57.5 Å². The van der Waals surface area contributed by atoms with Gasteiger partial charge in [-0.25, -0.2) is 0 Å². The van der Waals surface area contributed by atoms with Crippen molar-refractivity contribution in [2.75, 3.05) is 19.7 Å². The molecule has 0 aromatic heterocycles. The summed E-state index contributed by atoms with van der Waals surface area (Å²) < 4.78 is 0. The molecule has 12 amide bonds. The Bertz CT molecular complexity index is 2320. The van der Waals surface area contributed by atoms with E-state index < -0.39 is 148 Å². The third-order valence-electron chi connectivity index (χ3n) is 15.8. The van der Waals surface area contributed by atoms with Gasteiger partial charge in [0.05, 0.1) is 19.1 Å². The van der Waals surface area contributed by atoms with E-state index in [-0.39, 0.29) is 62.6 Å². The number of nitrogens with one attached hydrogen (secondary N) is 9. The number of nitrogens with zero attached hydrogens (tertiary/aromatic N) is 2. The Hall–Kier alpha value is -6.40. The molecule has 2 saturated heterocycles. The van der Waals surface area contributed by atoms with Crippen LogP contribution in [0.5, 0.6) is 0 Å². The molecule has 0 spiro atoms. The summed E-state index contributed by atoms with van der Waals surface area (Å²) in [6.07, 6.45) is 2.75. The lowest BCUT2D eigenvalue weighted by atomic mass is 9.93. The number of hydrogen-bond donors (Lipinski definition) is 11. The summed E-state index contributed by atoms with van der Waals surface area (Å²) in [4.78, 5) is 167. The van der Waals surface area contributed by atoms with E-state index in [2.05, 4.69) is 47.9 Å². The zero-order valence-electron chi connectivity index (χ0n) is 52.5. The summed E-state index contributed by atoms with van der Waals surface area (Å²) >= 11 is 0. The van der Waals surface area contributed by atoms with Gasteiger partial charge in [0.2, 0.25) is 70.9 Å². The van der Waals surface area contributed by atoms with Gasteiger partial charge in [0.25, 0.3) is 0 Å². The van der Waals surface area contributed by atoms with Crippen LogP contribution < -0.4 is 53.6 Å². The molecule has 0 aromatic rings. The van der Waals surface area contributed by atoms with Gasteiger partial charge >= 0.3 is 0 Å². The summed E-state index contributed by atoms with van der Waals surface area (Å²) in [5.74, 6) is -9.44. The molecule has 0 bridgehead atoms. The summed E-state index contributed by atoms with van der Waals surface area (Å²) in [5.41, 5.74) is 0.769. The Labute approximate surface area is 491 Å². The standard InChI is InChI=1S/C58H102N12O13/c1-18-33(8)40(30-71)62-50(78)42-24-22-26-70(42)54(82)57(14,15)67-48(76)38(28-32(6)7)60-46(74)37(27-31(4)5)61-49(77)41-23-21-25-69(41)55(83)58(16,17)68-52(80)45(35(10)20-3)65-51(79)44(34(9)19-2)64-47(75)39(29-43(59)73)63-53(81)56(12,13)66-36(11)72/h31-35,37-42,44-45,71H,18-30H2,1-17H3,(H2,59,73)(H,60,74)(H,61,77)(H,62,78)(H,63,81)(H,64,75)(H,65,79)(H,66,72)(H,67,76)(H,68,80). The molecular formula is C58H102N12O13. The molecule has 0 radical (unpaired) electrons. The van der Waals surface area contributed by atoms with Gasteiger partial charge in [-0.3, -0.25) is 57.5 Å². The van der Waals surface area contributed by atoms with E-state index in [1.165, 1.54) is 58.3 Å². The number of carbonyl (C=O) groups excluding carboxylic acids is 12. The van der Waals surface area contributed by atoms with Crippen molar-refractivity contribution in [3.05, 3.63) is 0 Å². The summed E-state index contributed by atoms with van der Waals surface area (Å²) in [7, 11) is 0. The summed E-state index contributed by atoms with van der Waals surface area (Å²) in [6, 6.07) is -8.75. The van der Waals surface area contributed by atoms with Crippen molar-refractivity contribution in [3.63, 3.8) is 0 Å². The second-order valence-electron chi connectivity index (χ2n) is 25.4. The molecule has 2 heterocycles. The molecule has 2 aliphatic rings. The van der Waals surface area contributed by atoms with Crippen LogP contribution in [0, 0.1) is 29.6 Å². The molecule has 472 valence electrons. The van der Waals surface area contributed by atoms with Gasteiger partial charge in [-0.2, -0.15) is 0 Å².